The highest BCUT2D eigenvalue weighted by atomic mass is 32.2. The van der Waals surface area contributed by atoms with Gasteiger partial charge in [-0.25, -0.2) is 56.2 Å². The number of rotatable bonds is 10. The van der Waals surface area contributed by atoms with Crippen LogP contribution in [0.5, 0.6) is 0 Å². The van der Waals surface area contributed by atoms with Crippen LogP contribution in [0.3, 0.4) is 0 Å². The third-order valence-electron chi connectivity index (χ3n) is 9.29. The summed E-state index contributed by atoms with van der Waals surface area (Å²) in [5.74, 6) is 0.982. The zero-order valence-corrected chi connectivity index (χ0v) is 31.7. The maximum Gasteiger partial charge on any atom is 0.240 e. The number of aryl methyl sites for hydroxylation is 2. The van der Waals surface area contributed by atoms with E-state index in [0.29, 0.717) is 59.8 Å². The molecule has 8 N–H and O–H groups in total. The SMILES string of the molecule is Cc1ccc(S(=O)(=O)NC2CC(O)C2)cc1-c1cnc(N)c(-n2cncn2)n1.Cc1ccc(S(=O)(=O)NC2CC(O)C2)cc1-c1cnc(N)c(-n2cncn2)n1. The molecule has 0 unspecified atom stereocenters. The number of nitrogens with two attached hydrogens (primary N) is 2. The van der Waals surface area contributed by atoms with Crippen LogP contribution in [0.25, 0.3) is 34.2 Å². The Morgan fingerprint density at radius 1 is 0.661 bits per heavy atom. The van der Waals surface area contributed by atoms with Crippen LogP contribution in [0.4, 0.5) is 11.6 Å². The minimum absolute atomic E-state index is 0.121. The maximum absolute atomic E-state index is 12.7. The molecule has 0 amide bonds. The monoisotopic (exact) mass is 802 g/mol. The predicted octanol–water partition coefficient (Wildman–Crippen LogP) is 0.833. The first kappa shape index (κ1) is 38.5. The lowest BCUT2D eigenvalue weighted by Gasteiger charge is -2.31. The lowest BCUT2D eigenvalue weighted by molar-refractivity contribution is 0.0707. The number of aromatic nitrogens is 10. The van der Waals surface area contributed by atoms with Crippen molar-refractivity contribution < 1.29 is 27.0 Å². The first-order valence-corrected chi connectivity index (χ1v) is 20.2. The number of aliphatic hydroxyl groups excluding tert-OH is 2. The fraction of sp³-hybridized carbons (Fsp3) is 0.294. The average Bonchev–Trinajstić information content (AvgIpc) is 3.87. The molecule has 56 heavy (non-hydrogen) atoms. The minimum atomic E-state index is -3.71. The molecule has 0 atom stereocenters. The molecule has 292 valence electrons. The molecule has 2 aromatic carbocycles. The van der Waals surface area contributed by atoms with Gasteiger partial charge >= 0.3 is 0 Å². The molecule has 0 spiro atoms. The molecular weight excluding hydrogens is 765 g/mol. The number of nitrogens with one attached hydrogen (secondary N) is 2. The fourth-order valence-electron chi connectivity index (χ4n) is 6.04. The van der Waals surface area contributed by atoms with Crippen LogP contribution in [-0.2, 0) is 20.0 Å². The van der Waals surface area contributed by atoms with Crippen molar-refractivity contribution in [2.75, 3.05) is 11.5 Å². The first-order chi connectivity index (χ1) is 26.7. The summed E-state index contributed by atoms with van der Waals surface area (Å²) in [6.45, 7) is 3.71. The summed E-state index contributed by atoms with van der Waals surface area (Å²) in [6, 6.07) is 9.12. The van der Waals surface area contributed by atoms with Crippen LogP contribution in [0.2, 0.25) is 0 Å². The van der Waals surface area contributed by atoms with Gasteiger partial charge in [-0.05, 0) is 74.9 Å². The molecule has 4 heterocycles. The van der Waals surface area contributed by atoms with Gasteiger partial charge in [0.2, 0.25) is 20.0 Å². The number of hydrogen-bond donors (Lipinski definition) is 6. The van der Waals surface area contributed by atoms with Gasteiger partial charge in [-0.15, -0.1) is 0 Å². The van der Waals surface area contributed by atoms with Gasteiger partial charge in [0, 0.05) is 23.2 Å². The summed E-state index contributed by atoms with van der Waals surface area (Å²) >= 11 is 0. The second-order valence-corrected chi connectivity index (χ2v) is 16.9. The van der Waals surface area contributed by atoms with Crippen LogP contribution in [-0.4, -0.2) is 101 Å². The zero-order valence-electron chi connectivity index (χ0n) is 30.0. The molecule has 0 saturated heterocycles. The molecule has 8 rings (SSSR count). The van der Waals surface area contributed by atoms with Crippen molar-refractivity contribution in [3.63, 3.8) is 0 Å². The van der Waals surface area contributed by atoms with Gasteiger partial charge in [0.25, 0.3) is 0 Å². The van der Waals surface area contributed by atoms with Crippen LogP contribution in [0.1, 0.15) is 36.8 Å². The Morgan fingerprint density at radius 3 is 1.39 bits per heavy atom. The van der Waals surface area contributed by atoms with E-state index in [-0.39, 0.29) is 33.5 Å². The first-order valence-electron chi connectivity index (χ1n) is 17.2. The summed E-state index contributed by atoms with van der Waals surface area (Å²) in [6.07, 6.45) is 9.39. The average molecular weight is 803 g/mol. The molecule has 6 aromatic rings. The van der Waals surface area contributed by atoms with Gasteiger partial charge < -0.3 is 21.7 Å². The normalized spacial score (nSPS) is 19.4. The number of sulfonamides is 2. The fourth-order valence-corrected chi connectivity index (χ4v) is 8.62. The highest BCUT2D eigenvalue weighted by Gasteiger charge is 2.33. The van der Waals surface area contributed by atoms with E-state index in [1.54, 1.807) is 36.4 Å². The summed E-state index contributed by atoms with van der Waals surface area (Å²) in [5.41, 5.74) is 15.6. The number of hydrogen-bond acceptors (Lipinski definition) is 16. The van der Waals surface area contributed by atoms with E-state index in [1.807, 2.05) is 13.8 Å². The van der Waals surface area contributed by atoms with E-state index < -0.39 is 32.3 Å². The Balaban J connectivity index is 0.000000172. The molecule has 2 aliphatic carbocycles. The molecule has 20 nitrogen and oxygen atoms in total. The summed E-state index contributed by atoms with van der Waals surface area (Å²) in [5, 5.41) is 26.8. The topological polar surface area (TPSA) is 298 Å². The predicted molar refractivity (Wildman–Crippen MR) is 202 cm³/mol. The van der Waals surface area contributed by atoms with Gasteiger partial charge in [-0.2, -0.15) is 19.6 Å². The summed E-state index contributed by atoms with van der Waals surface area (Å²) in [7, 11) is -7.43. The molecule has 2 saturated carbocycles. The van der Waals surface area contributed by atoms with E-state index in [0.717, 1.165) is 11.1 Å². The molecule has 2 fully saturated rings. The molecule has 0 radical (unpaired) electrons. The van der Waals surface area contributed by atoms with Crippen molar-refractivity contribution in [2.24, 2.45) is 0 Å². The third kappa shape index (κ3) is 8.24. The lowest BCUT2D eigenvalue weighted by atomic mass is 9.91. The highest BCUT2D eigenvalue weighted by Crippen LogP contribution is 2.30. The number of aliphatic hydroxyl groups is 2. The van der Waals surface area contributed by atoms with Gasteiger partial charge in [-0.3, -0.25) is 0 Å². The largest absolute Gasteiger partial charge is 0.393 e. The zero-order chi connectivity index (χ0) is 39.8. The molecule has 0 aliphatic heterocycles. The molecular formula is C34H38N14O6S2. The third-order valence-corrected chi connectivity index (χ3v) is 12.3. The smallest absolute Gasteiger partial charge is 0.240 e. The van der Waals surface area contributed by atoms with E-state index in [2.05, 4.69) is 49.5 Å². The molecule has 0 bridgehead atoms. The van der Waals surface area contributed by atoms with Crippen LogP contribution >= 0.6 is 0 Å². The van der Waals surface area contributed by atoms with E-state index >= 15 is 0 Å². The van der Waals surface area contributed by atoms with Crippen molar-refractivity contribution in [3.05, 3.63) is 85.2 Å². The lowest BCUT2D eigenvalue weighted by Crippen LogP contribution is -2.46. The van der Waals surface area contributed by atoms with Gasteiger partial charge in [0.05, 0.1) is 45.8 Å². The highest BCUT2D eigenvalue weighted by molar-refractivity contribution is 7.89. The Morgan fingerprint density at radius 2 is 1.05 bits per heavy atom. The van der Waals surface area contributed by atoms with Gasteiger partial charge in [-0.1, -0.05) is 12.1 Å². The number of nitrogen functional groups attached to an aromatic ring is 2. The van der Waals surface area contributed by atoms with E-state index in [9.17, 15) is 27.0 Å². The Bertz CT molecular complexity index is 2400. The Labute approximate surface area is 321 Å². The van der Waals surface area contributed by atoms with Gasteiger partial charge in [0.1, 0.15) is 25.3 Å². The van der Waals surface area contributed by atoms with Crippen molar-refractivity contribution in [1.29, 1.82) is 0 Å². The van der Waals surface area contributed by atoms with Crippen molar-refractivity contribution in [2.45, 2.75) is 73.6 Å². The number of nitrogens with zero attached hydrogens (tertiary/aromatic N) is 10. The molecule has 22 heteroatoms. The quantitative estimate of drug-likeness (QED) is 0.112. The summed E-state index contributed by atoms with van der Waals surface area (Å²) < 4.78 is 58.7. The second kappa shape index (κ2) is 15.4. The van der Waals surface area contributed by atoms with Gasteiger partial charge in [0.15, 0.2) is 23.3 Å². The number of anilines is 2. The van der Waals surface area contributed by atoms with Crippen molar-refractivity contribution >= 4 is 31.7 Å². The van der Waals surface area contributed by atoms with E-state index in [1.165, 1.54) is 47.1 Å². The van der Waals surface area contributed by atoms with Crippen LogP contribution in [0.15, 0.2) is 83.9 Å². The van der Waals surface area contributed by atoms with Crippen LogP contribution in [0, 0.1) is 13.8 Å². The van der Waals surface area contributed by atoms with E-state index in [4.69, 9.17) is 11.5 Å². The minimum Gasteiger partial charge on any atom is -0.393 e. The molecule has 4 aromatic heterocycles. The van der Waals surface area contributed by atoms with Crippen molar-refractivity contribution in [3.8, 4) is 34.2 Å². The number of benzene rings is 2. The van der Waals surface area contributed by atoms with Crippen LogP contribution < -0.4 is 20.9 Å². The standard InChI is InChI=1S/2C17H19N7O3S/c2*1-10-2-3-13(28(26,27)23-11-4-12(25)5-11)6-14(10)15-7-20-16(18)17(22-15)24-9-19-8-21-24/h2*2-3,6-9,11-12,23,25H,4-5H2,1H3,(H2,18,20). The molecule has 2 aliphatic rings. The Hall–Kier alpha value is -5.78. The maximum atomic E-state index is 12.7. The Kier molecular flexibility index (Phi) is 10.6. The second-order valence-electron chi connectivity index (χ2n) is 13.4. The van der Waals surface area contributed by atoms with Crippen molar-refractivity contribution in [1.82, 2.24) is 58.9 Å². The summed E-state index contributed by atoms with van der Waals surface area (Å²) in [4.78, 5) is 25.3.